The number of benzene rings is 1. The van der Waals surface area contributed by atoms with Crippen molar-refractivity contribution in [2.45, 2.75) is 12.3 Å². The Balaban J connectivity index is 3.13. The number of hydrogen-bond acceptors (Lipinski definition) is 1. The molecule has 2 nitrogen and oxygen atoms in total. The average Bonchev–Trinajstić information content (AvgIpc) is 2.05. The van der Waals surface area contributed by atoms with E-state index in [1.165, 1.54) is 5.56 Å². The Kier molecular flexibility index (Phi) is 2.87. The van der Waals surface area contributed by atoms with Gasteiger partial charge >= 0.3 is 0 Å². The molecule has 0 fully saturated rings. The fourth-order valence-corrected chi connectivity index (χ4v) is 1.56. The van der Waals surface area contributed by atoms with Crippen molar-refractivity contribution in [3.8, 4) is 0 Å². The molecule has 0 aliphatic carbocycles. The molecule has 12 heavy (non-hydrogen) atoms. The van der Waals surface area contributed by atoms with Crippen LogP contribution >= 0.6 is 15.9 Å². The fraction of sp³-hybridized carbons (Fsp3) is 0.222. The van der Waals surface area contributed by atoms with E-state index in [0.717, 1.165) is 10.9 Å². The number of alkyl halides is 1. The number of nitrogens with zero attached hydrogens (tertiary/aromatic N) is 1. The SMILES string of the molecule is C=[N+]([O-])c1ccc(C)c(CBr)c1. The molecule has 0 aliphatic heterocycles. The maximum atomic E-state index is 10.8. The summed E-state index contributed by atoms with van der Waals surface area (Å²) in [5.41, 5.74) is 2.89. The molecule has 0 saturated heterocycles. The number of halogens is 1. The molecule has 0 unspecified atom stereocenters. The van der Waals surface area contributed by atoms with Crippen molar-refractivity contribution >= 4 is 28.3 Å². The van der Waals surface area contributed by atoms with Gasteiger partial charge in [-0.3, -0.25) is 0 Å². The third kappa shape index (κ3) is 1.85. The predicted octanol–water partition coefficient (Wildman–Crippen LogP) is 2.73. The van der Waals surface area contributed by atoms with Gasteiger partial charge in [-0.1, -0.05) is 22.0 Å². The minimum Gasteiger partial charge on any atom is -0.619 e. The molecule has 0 heterocycles. The number of aryl methyl sites for hydroxylation is 1. The van der Waals surface area contributed by atoms with E-state index in [-0.39, 0.29) is 0 Å². The zero-order chi connectivity index (χ0) is 9.14. The van der Waals surface area contributed by atoms with Gasteiger partial charge in [-0.15, -0.1) is 0 Å². The first kappa shape index (κ1) is 9.26. The molecular formula is C9H10BrNO. The normalized spacial score (nSPS) is 9.83. The van der Waals surface area contributed by atoms with Crippen molar-refractivity contribution < 1.29 is 4.74 Å². The molecule has 0 aromatic heterocycles. The molecular weight excluding hydrogens is 218 g/mol. The molecule has 1 rings (SSSR count). The van der Waals surface area contributed by atoms with E-state index in [1.807, 2.05) is 19.1 Å². The molecule has 0 N–H and O–H groups in total. The van der Waals surface area contributed by atoms with Crippen LogP contribution in [0.25, 0.3) is 0 Å². The topological polar surface area (TPSA) is 26.1 Å². The van der Waals surface area contributed by atoms with Gasteiger partial charge in [0.25, 0.3) is 0 Å². The first-order valence-corrected chi connectivity index (χ1v) is 4.70. The van der Waals surface area contributed by atoms with Gasteiger partial charge in [-0.2, -0.15) is 4.74 Å². The summed E-state index contributed by atoms with van der Waals surface area (Å²) in [6.45, 7) is 5.29. The first-order chi connectivity index (χ1) is 5.65. The van der Waals surface area contributed by atoms with E-state index in [2.05, 4.69) is 22.6 Å². The van der Waals surface area contributed by atoms with Crippen molar-refractivity contribution in [3.05, 3.63) is 34.5 Å². The van der Waals surface area contributed by atoms with Gasteiger partial charge in [-0.05, 0) is 18.1 Å². The number of hydrogen-bond donors (Lipinski definition) is 0. The second kappa shape index (κ2) is 3.72. The minimum absolute atomic E-state index is 0.593. The summed E-state index contributed by atoms with van der Waals surface area (Å²) in [5.74, 6) is 0. The minimum atomic E-state index is 0.593. The zero-order valence-electron chi connectivity index (χ0n) is 6.88. The van der Waals surface area contributed by atoms with Crippen LogP contribution in [0.3, 0.4) is 0 Å². The quantitative estimate of drug-likeness (QED) is 0.251. The molecule has 0 saturated carbocycles. The third-order valence-electron chi connectivity index (χ3n) is 1.76. The largest absolute Gasteiger partial charge is 0.619 e. The maximum absolute atomic E-state index is 10.8. The fourth-order valence-electron chi connectivity index (χ4n) is 0.957. The van der Waals surface area contributed by atoms with Crippen LogP contribution in [0.1, 0.15) is 11.1 Å². The Morgan fingerprint density at radius 3 is 2.75 bits per heavy atom. The molecule has 0 atom stereocenters. The summed E-state index contributed by atoms with van der Waals surface area (Å²) < 4.78 is 0.617. The molecule has 1 aromatic rings. The Bertz CT molecular complexity index is 309. The molecule has 0 spiro atoms. The van der Waals surface area contributed by atoms with E-state index in [0.29, 0.717) is 10.4 Å². The summed E-state index contributed by atoms with van der Waals surface area (Å²) in [6.07, 6.45) is 0. The second-order valence-corrected chi connectivity index (χ2v) is 3.18. The standard InChI is InChI=1S/C9H10BrNO/c1-7-3-4-9(11(2)12)5-8(7)6-10/h3-5H,2,6H2,1H3. The highest BCUT2D eigenvalue weighted by Crippen LogP contribution is 2.18. The highest BCUT2D eigenvalue weighted by atomic mass is 79.9. The van der Waals surface area contributed by atoms with E-state index in [9.17, 15) is 5.21 Å². The number of rotatable bonds is 2. The molecule has 0 bridgehead atoms. The van der Waals surface area contributed by atoms with E-state index < -0.39 is 0 Å². The Morgan fingerprint density at radius 1 is 1.58 bits per heavy atom. The van der Waals surface area contributed by atoms with Gasteiger partial charge in [0.2, 0.25) is 5.69 Å². The lowest BCUT2D eigenvalue weighted by molar-refractivity contribution is -0.349. The summed E-state index contributed by atoms with van der Waals surface area (Å²) in [6, 6.07) is 5.52. The van der Waals surface area contributed by atoms with Crippen molar-refractivity contribution in [1.82, 2.24) is 0 Å². The van der Waals surface area contributed by atoms with Gasteiger partial charge in [0.05, 0.1) is 0 Å². The molecule has 0 radical (unpaired) electrons. The Morgan fingerprint density at radius 2 is 2.25 bits per heavy atom. The van der Waals surface area contributed by atoms with Gasteiger partial charge in [0, 0.05) is 17.5 Å². The van der Waals surface area contributed by atoms with Gasteiger partial charge in [0.15, 0.2) is 0 Å². The van der Waals surface area contributed by atoms with E-state index in [4.69, 9.17) is 0 Å². The van der Waals surface area contributed by atoms with Gasteiger partial charge in [-0.25, -0.2) is 0 Å². The smallest absolute Gasteiger partial charge is 0.216 e. The van der Waals surface area contributed by atoms with Crippen LogP contribution in [0, 0.1) is 12.1 Å². The Labute approximate surface area is 80.2 Å². The van der Waals surface area contributed by atoms with E-state index in [1.54, 1.807) is 6.07 Å². The maximum Gasteiger partial charge on any atom is 0.216 e. The average molecular weight is 228 g/mol. The van der Waals surface area contributed by atoms with Crippen molar-refractivity contribution in [2.75, 3.05) is 0 Å². The first-order valence-electron chi connectivity index (χ1n) is 3.58. The third-order valence-corrected chi connectivity index (χ3v) is 2.37. The summed E-state index contributed by atoms with van der Waals surface area (Å²) in [5, 5.41) is 11.6. The van der Waals surface area contributed by atoms with Crippen LogP contribution in [-0.2, 0) is 5.33 Å². The summed E-state index contributed by atoms with van der Waals surface area (Å²) in [7, 11) is 0. The molecule has 0 amide bonds. The Hall–Kier alpha value is -0.830. The second-order valence-electron chi connectivity index (χ2n) is 2.62. The van der Waals surface area contributed by atoms with Crippen molar-refractivity contribution in [1.29, 1.82) is 0 Å². The van der Waals surface area contributed by atoms with Crippen molar-refractivity contribution in [2.24, 2.45) is 0 Å². The van der Waals surface area contributed by atoms with Crippen LogP contribution in [0.5, 0.6) is 0 Å². The zero-order valence-corrected chi connectivity index (χ0v) is 8.47. The van der Waals surface area contributed by atoms with Crippen LogP contribution in [-0.4, -0.2) is 11.5 Å². The van der Waals surface area contributed by atoms with Gasteiger partial charge < -0.3 is 5.21 Å². The van der Waals surface area contributed by atoms with Crippen molar-refractivity contribution in [3.63, 3.8) is 0 Å². The van der Waals surface area contributed by atoms with Gasteiger partial charge in [0.1, 0.15) is 6.72 Å². The molecule has 3 heteroatoms. The summed E-state index contributed by atoms with van der Waals surface area (Å²) in [4.78, 5) is 0. The predicted molar refractivity (Wildman–Crippen MR) is 54.2 cm³/mol. The van der Waals surface area contributed by atoms with E-state index >= 15 is 0 Å². The molecule has 1 aromatic carbocycles. The summed E-state index contributed by atoms with van der Waals surface area (Å²) >= 11 is 3.35. The molecule has 0 aliphatic rings. The highest BCUT2D eigenvalue weighted by molar-refractivity contribution is 9.08. The lowest BCUT2D eigenvalue weighted by Gasteiger charge is -2.04. The van der Waals surface area contributed by atoms with Crippen LogP contribution in [0.2, 0.25) is 0 Å². The van der Waals surface area contributed by atoms with Crippen LogP contribution in [0.4, 0.5) is 5.69 Å². The highest BCUT2D eigenvalue weighted by Gasteiger charge is 2.02. The lowest BCUT2D eigenvalue weighted by atomic mass is 10.1. The van der Waals surface area contributed by atoms with Crippen LogP contribution < -0.4 is 0 Å². The lowest BCUT2D eigenvalue weighted by Crippen LogP contribution is -1.92. The van der Waals surface area contributed by atoms with Crippen LogP contribution in [0.15, 0.2) is 18.2 Å². The molecule has 64 valence electrons. The monoisotopic (exact) mass is 227 g/mol.